The van der Waals surface area contributed by atoms with Crippen molar-refractivity contribution in [3.63, 3.8) is 0 Å². The Kier molecular flexibility index (Phi) is 10.2. The lowest BCUT2D eigenvalue weighted by atomic mass is 9.99. The molecule has 3 aromatic rings. The van der Waals surface area contributed by atoms with Crippen molar-refractivity contribution in [3.8, 4) is 0 Å². The molecule has 3 unspecified atom stereocenters. The van der Waals surface area contributed by atoms with Crippen LogP contribution in [0.4, 0.5) is 16.2 Å². The highest BCUT2D eigenvalue weighted by Crippen LogP contribution is 2.38. The summed E-state index contributed by atoms with van der Waals surface area (Å²) in [5, 5.41) is 26.1. The van der Waals surface area contributed by atoms with Crippen molar-refractivity contribution in [2.45, 2.75) is 45.0 Å². The molecule has 2 aliphatic heterocycles. The quantitative estimate of drug-likeness (QED) is 0.236. The molecule has 2 fully saturated rings. The van der Waals surface area contributed by atoms with Crippen molar-refractivity contribution in [3.05, 3.63) is 105 Å². The highest BCUT2D eigenvalue weighted by Gasteiger charge is 2.34. The number of benzene rings is 3. The minimum atomic E-state index is -0.548. The second-order valence-electron chi connectivity index (χ2n) is 10.9. The molecule has 3 atom stereocenters. The first-order valence-corrected chi connectivity index (χ1v) is 14.7. The molecule has 3 aromatic carbocycles. The molecule has 0 bridgehead atoms. The number of non-ortho nitro benzene ring substituents is 1. The first kappa shape index (κ1) is 30.4. The zero-order valence-electron chi connectivity index (χ0n) is 24.4. The van der Waals surface area contributed by atoms with E-state index in [0.29, 0.717) is 19.5 Å². The number of carbonyl (C=O) groups is 1. The van der Waals surface area contributed by atoms with Gasteiger partial charge in [0.1, 0.15) is 0 Å². The average Bonchev–Trinajstić information content (AvgIpc) is 3.04. The molecule has 5 rings (SSSR count). The first-order valence-electron chi connectivity index (χ1n) is 14.7. The third-order valence-corrected chi connectivity index (χ3v) is 7.92. The van der Waals surface area contributed by atoms with Crippen LogP contribution in [0.2, 0.25) is 0 Å². The fourth-order valence-corrected chi connectivity index (χ4v) is 5.49. The predicted molar refractivity (Wildman–Crippen MR) is 163 cm³/mol. The fourth-order valence-electron chi connectivity index (χ4n) is 5.49. The van der Waals surface area contributed by atoms with Crippen molar-refractivity contribution in [1.29, 1.82) is 0 Å². The number of ether oxygens (including phenoxy) is 2. The van der Waals surface area contributed by atoms with Crippen LogP contribution >= 0.6 is 0 Å². The molecular formula is C32H39N5O6. The molecule has 0 radical (unpaired) electrons. The van der Waals surface area contributed by atoms with E-state index in [4.69, 9.17) is 9.47 Å². The zero-order chi connectivity index (χ0) is 30.2. The Morgan fingerprint density at radius 1 is 0.907 bits per heavy atom. The van der Waals surface area contributed by atoms with Crippen LogP contribution in [-0.4, -0.2) is 66.3 Å². The number of urea groups is 1. The van der Waals surface area contributed by atoms with Crippen LogP contribution in [0.25, 0.3) is 0 Å². The molecule has 43 heavy (non-hydrogen) atoms. The van der Waals surface area contributed by atoms with Crippen LogP contribution in [0, 0.1) is 10.1 Å². The van der Waals surface area contributed by atoms with E-state index in [1.54, 1.807) is 12.1 Å². The second kappa shape index (κ2) is 14.4. The SMILES string of the molecule is CCNC(=O)NCc1ccc(C2OC(CN3CCN(c4ccc([N+](=O)[O-])cc4)CC3)CC(c3ccc(CO)cc3)O2)cc1. The maximum absolute atomic E-state index is 11.8. The normalized spacial score (nSPS) is 20.9. The van der Waals surface area contributed by atoms with Gasteiger partial charge < -0.3 is 30.1 Å². The summed E-state index contributed by atoms with van der Waals surface area (Å²) in [5.74, 6) is 0. The molecule has 11 heteroatoms. The van der Waals surface area contributed by atoms with Gasteiger partial charge in [-0.3, -0.25) is 15.0 Å². The molecule has 2 heterocycles. The molecule has 2 saturated heterocycles. The van der Waals surface area contributed by atoms with Crippen LogP contribution in [-0.2, 0) is 22.6 Å². The minimum Gasteiger partial charge on any atom is -0.392 e. The number of hydrogen-bond donors (Lipinski definition) is 3. The minimum absolute atomic E-state index is 0.00662. The number of piperazine rings is 1. The Bertz CT molecular complexity index is 1340. The van der Waals surface area contributed by atoms with Gasteiger partial charge in [0.25, 0.3) is 5.69 Å². The number of aliphatic hydroxyl groups is 1. The summed E-state index contributed by atoms with van der Waals surface area (Å²) in [6.45, 7) is 6.97. The maximum atomic E-state index is 11.8. The van der Waals surface area contributed by atoms with E-state index >= 15 is 0 Å². The molecule has 0 aromatic heterocycles. The lowest BCUT2D eigenvalue weighted by Crippen LogP contribution is -2.49. The summed E-state index contributed by atoms with van der Waals surface area (Å²) in [6.07, 6.45) is -0.0807. The van der Waals surface area contributed by atoms with Crippen molar-refractivity contribution in [2.24, 2.45) is 0 Å². The zero-order valence-corrected chi connectivity index (χ0v) is 24.4. The smallest absolute Gasteiger partial charge is 0.315 e. The summed E-state index contributed by atoms with van der Waals surface area (Å²) in [4.78, 5) is 27.0. The van der Waals surface area contributed by atoms with Gasteiger partial charge in [0.05, 0.1) is 23.7 Å². The maximum Gasteiger partial charge on any atom is 0.315 e. The van der Waals surface area contributed by atoms with E-state index in [2.05, 4.69) is 20.4 Å². The summed E-state index contributed by atoms with van der Waals surface area (Å²) >= 11 is 0. The van der Waals surface area contributed by atoms with E-state index in [9.17, 15) is 20.0 Å². The lowest BCUT2D eigenvalue weighted by molar-refractivity contribution is -0.384. The highest BCUT2D eigenvalue weighted by atomic mass is 16.7. The molecule has 2 aliphatic rings. The first-order chi connectivity index (χ1) is 20.9. The Morgan fingerprint density at radius 3 is 2.19 bits per heavy atom. The number of nitro groups is 1. The Hall–Kier alpha value is -4.03. The largest absolute Gasteiger partial charge is 0.392 e. The van der Waals surface area contributed by atoms with Crippen molar-refractivity contribution < 1.29 is 24.3 Å². The molecule has 228 valence electrons. The van der Waals surface area contributed by atoms with Gasteiger partial charge >= 0.3 is 6.03 Å². The Balaban J connectivity index is 1.23. The molecule has 0 aliphatic carbocycles. The van der Waals surface area contributed by atoms with E-state index in [0.717, 1.165) is 60.7 Å². The number of nitrogens with zero attached hydrogens (tertiary/aromatic N) is 3. The van der Waals surface area contributed by atoms with Crippen molar-refractivity contribution in [1.82, 2.24) is 15.5 Å². The van der Waals surface area contributed by atoms with Gasteiger partial charge in [-0.2, -0.15) is 0 Å². The Labute approximate surface area is 251 Å². The van der Waals surface area contributed by atoms with Crippen LogP contribution in [0.3, 0.4) is 0 Å². The third-order valence-electron chi connectivity index (χ3n) is 7.92. The van der Waals surface area contributed by atoms with Gasteiger partial charge in [-0.25, -0.2) is 4.79 Å². The molecule has 3 N–H and O–H groups in total. The number of nitrogens with one attached hydrogen (secondary N) is 2. The number of nitro benzene ring substituents is 1. The van der Waals surface area contributed by atoms with E-state index < -0.39 is 6.29 Å². The molecule has 11 nitrogen and oxygen atoms in total. The molecule has 2 amide bonds. The summed E-state index contributed by atoms with van der Waals surface area (Å²) < 4.78 is 13.0. The lowest BCUT2D eigenvalue weighted by Gasteiger charge is -2.41. The van der Waals surface area contributed by atoms with Gasteiger partial charge in [0, 0.05) is 75.6 Å². The highest BCUT2D eigenvalue weighted by molar-refractivity contribution is 5.73. The van der Waals surface area contributed by atoms with Gasteiger partial charge in [-0.15, -0.1) is 0 Å². The van der Waals surface area contributed by atoms with Gasteiger partial charge in [-0.1, -0.05) is 48.5 Å². The van der Waals surface area contributed by atoms with Crippen LogP contribution in [0.1, 0.15) is 48.0 Å². The summed E-state index contributed by atoms with van der Waals surface area (Å²) in [5.41, 5.74) is 4.87. The number of amides is 2. The van der Waals surface area contributed by atoms with Crippen LogP contribution in [0.15, 0.2) is 72.8 Å². The molecular weight excluding hydrogens is 550 g/mol. The van der Waals surface area contributed by atoms with Gasteiger partial charge in [-0.05, 0) is 35.7 Å². The standard InChI is InChI=1S/C32H39N5O6/c1-2-33-32(39)34-20-23-3-9-26(10-4-23)31-42-29(19-30(43-31)25-7-5-24(22-38)6-8-25)21-35-15-17-36(18-16-35)27-11-13-28(14-12-27)37(40)41/h3-14,29-31,38H,2,15-22H2,1H3,(H2,33,34,39). The van der Waals surface area contributed by atoms with E-state index in [1.807, 2.05) is 67.6 Å². The molecule has 0 spiro atoms. The number of anilines is 1. The monoisotopic (exact) mass is 589 g/mol. The number of carbonyl (C=O) groups excluding carboxylic acids is 1. The number of hydrogen-bond acceptors (Lipinski definition) is 8. The second-order valence-corrected chi connectivity index (χ2v) is 10.9. The van der Waals surface area contributed by atoms with E-state index in [1.165, 1.54) is 0 Å². The Morgan fingerprint density at radius 2 is 1.56 bits per heavy atom. The van der Waals surface area contributed by atoms with E-state index in [-0.39, 0.29) is 35.5 Å². The van der Waals surface area contributed by atoms with Gasteiger partial charge in [0.15, 0.2) is 6.29 Å². The topological polar surface area (TPSA) is 129 Å². The molecule has 0 saturated carbocycles. The average molecular weight is 590 g/mol. The van der Waals surface area contributed by atoms with Crippen LogP contribution < -0.4 is 15.5 Å². The van der Waals surface area contributed by atoms with Crippen molar-refractivity contribution in [2.75, 3.05) is 44.2 Å². The predicted octanol–water partition coefficient (Wildman–Crippen LogP) is 4.27. The van der Waals surface area contributed by atoms with Gasteiger partial charge in [0.2, 0.25) is 0 Å². The number of rotatable bonds is 10. The third kappa shape index (κ3) is 8.08. The summed E-state index contributed by atoms with van der Waals surface area (Å²) in [7, 11) is 0. The number of aliphatic hydroxyl groups excluding tert-OH is 1. The fraction of sp³-hybridized carbons (Fsp3) is 0.406. The van der Waals surface area contributed by atoms with Crippen LogP contribution in [0.5, 0.6) is 0 Å². The summed E-state index contributed by atoms with van der Waals surface area (Å²) in [6, 6.07) is 22.3. The van der Waals surface area contributed by atoms with Crippen molar-refractivity contribution >= 4 is 17.4 Å².